The molecule has 0 spiro atoms. The van der Waals surface area contributed by atoms with Crippen LogP contribution in [0, 0.1) is 5.92 Å². The highest BCUT2D eigenvalue weighted by atomic mass is 19.3. The van der Waals surface area contributed by atoms with Crippen molar-refractivity contribution in [2.24, 2.45) is 5.92 Å². The standard InChI is InChI=1S/C18H25F2N5O3/c19-18(20)9-14(25(12-18)16(26)13-3-1-2-4-13)10-24-11-15(21-22-24)17(27)23-5-7-28-8-6-23/h11,13-14H,1-10,12H2/t14-/m0/s1. The third kappa shape index (κ3) is 4.01. The van der Waals surface area contributed by atoms with Crippen LogP contribution in [0.3, 0.4) is 0 Å². The lowest BCUT2D eigenvalue weighted by Gasteiger charge is -2.26. The summed E-state index contributed by atoms with van der Waals surface area (Å²) in [4.78, 5) is 28.2. The highest BCUT2D eigenvalue weighted by Gasteiger charge is 2.48. The van der Waals surface area contributed by atoms with Crippen molar-refractivity contribution in [1.29, 1.82) is 0 Å². The molecule has 1 saturated carbocycles. The molecule has 10 heteroatoms. The second kappa shape index (κ2) is 7.73. The van der Waals surface area contributed by atoms with Gasteiger partial charge in [0, 0.05) is 25.4 Å². The van der Waals surface area contributed by atoms with Gasteiger partial charge in [0.25, 0.3) is 11.8 Å². The molecule has 0 aromatic carbocycles. The molecule has 0 bridgehead atoms. The Labute approximate surface area is 161 Å². The van der Waals surface area contributed by atoms with Gasteiger partial charge in [0.1, 0.15) is 0 Å². The largest absolute Gasteiger partial charge is 0.378 e. The predicted octanol–water partition coefficient (Wildman–Crippen LogP) is 1.18. The molecule has 3 aliphatic rings. The molecule has 28 heavy (non-hydrogen) atoms. The first-order valence-corrected chi connectivity index (χ1v) is 9.88. The van der Waals surface area contributed by atoms with E-state index in [0.717, 1.165) is 25.7 Å². The van der Waals surface area contributed by atoms with Gasteiger partial charge in [-0.25, -0.2) is 13.5 Å². The SMILES string of the molecule is O=C(c1cn(C[C@@H]2CC(F)(F)CN2C(=O)C2CCCC2)nn1)N1CCOCC1. The number of hydrogen-bond donors (Lipinski definition) is 0. The highest BCUT2D eigenvalue weighted by molar-refractivity contribution is 5.92. The minimum absolute atomic E-state index is 0.109. The number of ether oxygens (including phenoxy) is 1. The van der Waals surface area contributed by atoms with E-state index < -0.39 is 24.9 Å². The van der Waals surface area contributed by atoms with Crippen molar-refractivity contribution in [3.05, 3.63) is 11.9 Å². The van der Waals surface area contributed by atoms with E-state index in [9.17, 15) is 18.4 Å². The molecule has 8 nitrogen and oxygen atoms in total. The number of amides is 2. The van der Waals surface area contributed by atoms with Crippen LogP contribution in [0.5, 0.6) is 0 Å². The molecule has 2 saturated heterocycles. The molecule has 4 rings (SSSR count). The summed E-state index contributed by atoms with van der Waals surface area (Å²) in [6.07, 6.45) is 4.58. The number of likely N-dealkylation sites (tertiary alicyclic amines) is 1. The number of carbonyl (C=O) groups excluding carboxylic acids is 2. The van der Waals surface area contributed by atoms with Crippen LogP contribution >= 0.6 is 0 Å². The summed E-state index contributed by atoms with van der Waals surface area (Å²) in [5.74, 6) is -3.47. The van der Waals surface area contributed by atoms with E-state index in [-0.39, 0.29) is 30.0 Å². The Morgan fingerprint density at radius 1 is 1.21 bits per heavy atom. The highest BCUT2D eigenvalue weighted by Crippen LogP contribution is 2.36. The second-order valence-corrected chi connectivity index (χ2v) is 7.89. The average Bonchev–Trinajstić information content (AvgIpc) is 3.42. The van der Waals surface area contributed by atoms with Gasteiger partial charge in [-0.2, -0.15) is 0 Å². The van der Waals surface area contributed by atoms with Gasteiger partial charge in [0.15, 0.2) is 5.69 Å². The lowest BCUT2D eigenvalue weighted by Crippen LogP contribution is -2.41. The van der Waals surface area contributed by atoms with Crippen molar-refractivity contribution < 1.29 is 23.1 Å². The fourth-order valence-electron chi connectivity index (χ4n) is 4.36. The Morgan fingerprint density at radius 2 is 1.93 bits per heavy atom. The van der Waals surface area contributed by atoms with Gasteiger partial charge in [0.2, 0.25) is 5.91 Å². The number of aromatic nitrogens is 3. The van der Waals surface area contributed by atoms with Crippen LogP contribution in [-0.2, 0) is 16.1 Å². The van der Waals surface area contributed by atoms with Gasteiger partial charge in [0.05, 0.1) is 38.5 Å². The summed E-state index contributed by atoms with van der Waals surface area (Å²) in [6, 6.07) is -0.642. The zero-order chi connectivity index (χ0) is 19.7. The molecule has 1 atom stereocenters. The van der Waals surface area contributed by atoms with E-state index >= 15 is 0 Å². The van der Waals surface area contributed by atoms with Gasteiger partial charge in [-0.1, -0.05) is 18.1 Å². The first kappa shape index (κ1) is 19.2. The fourth-order valence-corrected chi connectivity index (χ4v) is 4.36. The summed E-state index contributed by atoms with van der Waals surface area (Å²) < 4.78 is 34.7. The van der Waals surface area contributed by atoms with Gasteiger partial charge >= 0.3 is 0 Å². The number of rotatable bonds is 4. The Bertz CT molecular complexity index is 729. The molecule has 1 aromatic rings. The molecule has 3 heterocycles. The van der Waals surface area contributed by atoms with Crippen LogP contribution in [0.25, 0.3) is 0 Å². The zero-order valence-corrected chi connectivity index (χ0v) is 15.7. The molecule has 1 aliphatic carbocycles. The molecule has 2 amide bonds. The number of nitrogens with zero attached hydrogens (tertiary/aromatic N) is 5. The van der Waals surface area contributed by atoms with E-state index in [1.165, 1.54) is 15.8 Å². The van der Waals surface area contributed by atoms with E-state index in [4.69, 9.17) is 4.74 Å². The number of hydrogen-bond acceptors (Lipinski definition) is 5. The van der Waals surface area contributed by atoms with Crippen molar-refractivity contribution in [3.63, 3.8) is 0 Å². The lowest BCUT2D eigenvalue weighted by atomic mass is 10.1. The van der Waals surface area contributed by atoms with Gasteiger partial charge in [-0.3, -0.25) is 9.59 Å². The molecule has 0 N–H and O–H groups in total. The lowest BCUT2D eigenvalue weighted by molar-refractivity contribution is -0.137. The van der Waals surface area contributed by atoms with Crippen molar-refractivity contribution >= 4 is 11.8 Å². The topological polar surface area (TPSA) is 80.6 Å². The molecular weight excluding hydrogens is 372 g/mol. The van der Waals surface area contributed by atoms with E-state index in [0.29, 0.717) is 26.3 Å². The molecular formula is C18H25F2N5O3. The normalized spacial score (nSPS) is 25.4. The first-order valence-electron chi connectivity index (χ1n) is 9.88. The third-order valence-corrected chi connectivity index (χ3v) is 5.82. The second-order valence-electron chi connectivity index (χ2n) is 7.89. The van der Waals surface area contributed by atoms with Gasteiger partial charge in [-0.15, -0.1) is 5.10 Å². The Morgan fingerprint density at radius 3 is 2.64 bits per heavy atom. The molecule has 0 unspecified atom stereocenters. The van der Waals surface area contributed by atoms with Crippen LogP contribution < -0.4 is 0 Å². The fraction of sp³-hybridized carbons (Fsp3) is 0.778. The number of alkyl halides is 2. The predicted molar refractivity (Wildman–Crippen MR) is 93.8 cm³/mol. The van der Waals surface area contributed by atoms with Gasteiger partial charge in [-0.05, 0) is 12.8 Å². The number of carbonyl (C=O) groups is 2. The average molecular weight is 397 g/mol. The monoisotopic (exact) mass is 397 g/mol. The van der Waals surface area contributed by atoms with Gasteiger partial charge < -0.3 is 14.5 Å². The minimum atomic E-state index is -2.90. The maximum Gasteiger partial charge on any atom is 0.276 e. The first-order chi connectivity index (χ1) is 13.4. The van der Waals surface area contributed by atoms with Crippen LogP contribution in [0.1, 0.15) is 42.6 Å². The summed E-state index contributed by atoms with van der Waals surface area (Å²) >= 11 is 0. The Balaban J connectivity index is 1.44. The van der Waals surface area contributed by atoms with Crippen molar-refractivity contribution in [3.8, 4) is 0 Å². The minimum Gasteiger partial charge on any atom is -0.378 e. The Hall–Kier alpha value is -2.10. The molecule has 2 aliphatic heterocycles. The van der Waals surface area contributed by atoms with Crippen LogP contribution in [0.15, 0.2) is 6.20 Å². The van der Waals surface area contributed by atoms with Crippen molar-refractivity contribution in [2.75, 3.05) is 32.8 Å². The maximum atomic E-state index is 14.1. The van der Waals surface area contributed by atoms with Crippen molar-refractivity contribution in [2.45, 2.75) is 50.6 Å². The smallest absolute Gasteiger partial charge is 0.276 e. The summed E-state index contributed by atoms with van der Waals surface area (Å²) in [5.41, 5.74) is 0.181. The molecule has 1 aromatic heterocycles. The summed E-state index contributed by atoms with van der Waals surface area (Å²) in [5, 5.41) is 7.85. The third-order valence-electron chi connectivity index (χ3n) is 5.82. The molecule has 0 radical (unpaired) electrons. The maximum absolute atomic E-state index is 14.1. The van der Waals surface area contributed by atoms with Crippen LogP contribution in [0.2, 0.25) is 0 Å². The number of halogens is 2. The molecule has 154 valence electrons. The van der Waals surface area contributed by atoms with E-state index in [2.05, 4.69) is 10.3 Å². The number of morpholine rings is 1. The zero-order valence-electron chi connectivity index (χ0n) is 15.7. The quantitative estimate of drug-likeness (QED) is 0.762. The molecule has 3 fully saturated rings. The Kier molecular flexibility index (Phi) is 5.31. The van der Waals surface area contributed by atoms with E-state index in [1.54, 1.807) is 4.90 Å². The van der Waals surface area contributed by atoms with Crippen molar-refractivity contribution in [1.82, 2.24) is 24.8 Å². The van der Waals surface area contributed by atoms with Crippen LogP contribution in [0.4, 0.5) is 8.78 Å². The van der Waals surface area contributed by atoms with Crippen LogP contribution in [-0.4, -0.2) is 81.4 Å². The van der Waals surface area contributed by atoms with E-state index in [1.807, 2.05) is 0 Å². The summed E-state index contributed by atoms with van der Waals surface area (Å²) in [7, 11) is 0. The summed E-state index contributed by atoms with van der Waals surface area (Å²) in [6.45, 7) is 1.51.